The van der Waals surface area contributed by atoms with Crippen molar-refractivity contribution in [3.05, 3.63) is 47.1 Å². The maximum absolute atomic E-state index is 14.5. The van der Waals surface area contributed by atoms with Crippen LogP contribution in [0.2, 0.25) is 5.02 Å². The van der Waals surface area contributed by atoms with E-state index in [0.717, 1.165) is 0 Å². The van der Waals surface area contributed by atoms with Gasteiger partial charge < -0.3 is 15.2 Å². The standard InChI is InChI=1S/C15H11ClFN5O/c16-13-12(7-1-2-11-20-10(18)5-22(11)4-7)8-3-19-21-15(8)9(6-23)14(13)17/h1-5,23H,6,18H2,(H,19,21). The largest absolute Gasteiger partial charge is 0.391 e. The quantitative estimate of drug-likeness (QED) is 0.526. The molecule has 4 rings (SSSR count). The van der Waals surface area contributed by atoms with Gasteiger partial charge in [0, 0.05) is 28.3 Å². The van der Waals surface area contributed by atoms with E-state index in [2.05, 4.69) is 15.2 Å². The Morgan fingerprint density at radius 2 is 2.17 bits per heavy atom. The summed E-state index contributed by atoms with van der Waals surface area (Å²) in [7, 11) is 0. The summed E-state index contributed by atoms with van der Waals surface area (Å²) in [5.74, 6) is -0.269. The van der Waals surface area contributed by atoms with Gasteiger partial charge in [-0.15, -0.1) is 0 Å². The lowest BCUT2D eigenvalue weighted by Crippen LogP contribution is -1.97. The molecule has 1 aromatic carbocycles. The van der Waals surface area contributed by atoms with Gasteiger partial charge in [-0.3, -0.25) is 5.10 Å². The molecule has 8 heteroatoms. The number of anilines is 1. The average molecular weight is 332 g/mol. The number of halogens is 2. The fraction of sp³-hybridized carbons (Fsp3) is 0.0667. The number of hydrogen-bond donors (Lipinski definition) is 3. The van der Waals surface area contributed by atoms with Crippen molar-refractivity contribution < 1.29 is 9.50 Å². The lowest BCUT2D eigenvalue weighted by atomic mass is 10.00. The molecule has 116 valence electrons. The highest BCUT2D eigenvalue weighted by atomic mass is 35.5. The van der Waals surface area contributed by atoms with Crippen molar-refractivity contribution in [3.63, 3.8) is 0 Å². The topological polar surface area (TPSA) is 92.2 Å². The van der Waals surface area contributed by atoms with Crippen LogP contribution in [0.4, 0.5) is 10.2 Å². The number of nitrogens with one attached hydrogen (secondary N) is 1. The number of aromatic nitrogens is 4. The second-order valence-corrected chi connectivity index (χ2v) is 5.53. The van der Waals surface area contributed by atoms with Crippen LogP contribution in [0.25, 0.3) is 27.7 Å². The predicted octanol–water partition coefficient (Wildman–Crippen LogP) is 2.74. The van der Waals surface area contributed by atoms with Gasteiger partial charge in [-0.2, -0.15) is 5.10 Å². The number of hydrogen-bond acceptors (Lipinski definition) is 4. The molecule has 0 spiro atoms. The first-order valence-electron chi connectivity index (χ1n) is 6.78. The van der Waals surface area contributed by atoms with E-state index in [9.17, 15) is 9.50 Å². The first-order chi connectivity index (χ1) is 11.1. The van der Waals surface area contributed by atoms with Crippen LogP contribution in [0.5, 0.6) is 0 Å². The summed E-state index contributed by atoms with van der Waals surface area (Å²) in [4.78, 5) is 4.15. The molecule has 0 unspecified atom stereocenters. The van der Waals surface area contributed by atoms with Crippen LogP contribution >= 0.6 is 11.6 Å². The fourth-order valence-corrected chi connectivity index (χ4v) is 3.09. The van der Waals surface area contributed by atoms with Crippen LogP contribution in [0.3, 0.4) is 0 Å². The third-order valence-corrected chi connectivity index (χ3v) is 4.16. The second kappa shape index (κ2) is 4.94. The smallest absolute Gasteiger partial charge is 0.150 e. The van der Waals surface area contributed by atoms with E-state index in [1.807, 2.05) is 0 Å². The first-order valence-corrected chi connectivity index (χ1v) is 7.16. The van der Waals surface area contributed by atoms with Gasteiger partial charge in [-0.05, 0) is 12.1 Å². The van der Waals surface area contributed by atoms with Gasteiger partial charge in [-0.25, -0.2) is 9.37 Å². The van der Waals surface area contributed by atoms with Gasteiger partial charge in [0.05, 0.1) is 29.5 Å². The van der Waals surface area contributed by atoms with Gasteiger partial charge in [0.25, 0.3) is 0 Å². The Morgan fingerprint density at radius 1 is 1.35 bits per heavy atom. The lowest BCUT2D eigenvalue weighted by molar-refractivity contribution is 0.277. The summed E-state index contributed by atoms with van der Waals surface area (Å²) in [6.07, 6.45) is 4.99. The van der Waals surface area contributed by atoms with Crippen molar-refractivity contribution in [1.82, 2.24) is 19.6 Å². The Hall–Kier alpha value is -2.64. The molecule has 0 saturated carbocycles. The number of rotatable bonds is 2. The number of nitrogens with two attached hydrogens (primary N) is 1. The number of nitrogen functional groups attached to an aromatic ring is 1. The van der Waals surface area contributed by atoms with Gasteiger partial charge in [0.15, 0.2) is 0 Å². The maximum atomic E-state index is 14.5. The van der Waals surface area contributed by atoms with Gasteiger partial charge >= 0.3 is 0 Å². The number of benzene rings is 1. The number of aromatic amines is 1. The molecule has 0 bridgehead atoms. The van der Waals surface area contributed by atoms with E-state index in [4.69, 9.17) is 17.3 Å². The molecule has 0 saturated heterocycles. The highest BCUT2D eigenvalue weighted by molar-refractivity contribution is 6.35. The highest BCUT2D eigenvalue weighted by Gasteiger charge is 2.20. The predicted molar refractivity (Wildman–Crippen MR) is 85.6 cm³/mol. The zero-order valence-corrected chi connectivity index (χ0v) is 12.5. The van der Waals surface area contributed by atoms with Crippen molar-refractivity contribution >= 4 is 34.0 Å². The summed E-state index contributed by atoms with van der Waals surface area (Å²) in [6, 6.07) is 3.55. The number of aliphatic hydroxyl groups is 1. The minimum absolute atomic E-state index is 0.0598. The van der Waals surface area contributed by atoms with Crippen LogP contribution in [-0.2, 0) is 6.61 Å². The molecule has 3 aromatic heterocycles. The second-order valence-electron chi connectivity index (χ2n) is 5.15. The Labute approximate surface area is 134 Å². The average Bonchev–Trinajstić information content (AvgIpc) is 3.13. The number of aliphatic hydroxyl groups excluding tert-OH is 1. The van der Waals surface area contributed by atoms with E-state index >= 15 is 0 Å². The summed E-state index contributed by atoms with van der Waals surface area (Å²) >= 11 is 6.23. The minimum atomic E-state index is -0.661. The van der Waals surface area contributed by atoms with E-state index in [-0.39, 0.29) is 10.6 Å². The van der Waals surface area contributed by atoms with Crippen LogP contribution in [-0.4, -0.2) is 24.7 Å². The summed E-state index contributed by atoms with van der Waals surface area (Å²) in [5, 5.41) is 16.6. The number of imidazole rings is 1. The van der Waals surface area contributed by atoms with Crippen LogP contribution in [0, 0.1) is 5.82 Å². The molecule has 6 nitrogen and oxygen atoms in total. The van der Waals surface area contributed by atoms with Crippen molar-refractivity contribution in [2.24, 2.45) is 0 Å². The molecule has 0 fully saturated rings. The van der Waals surface area contributed by atoms with Gasteiger partial charge in [0.1, 0.15) is 17.3 Å². The molecule has 0 aliphatic rings. The molecule has 3 heterocycles. The van der Waals surface area contributed by atoms with E-state index in [0.29, 0.717) is 33.5 Å². The molecule has 0 amide bonds. The van der Waals surface area contributed by atoms with Gasteiger partial charge in [-0.1, -0.05) is 11.6 Å². The zero-order chi connectivity index (χ0) is 16.1. The van der Waals surface area contributed by atoms with E-state index < -0.39 is 12.4 Å². The molecule has 0 aliphatic heterocycles. The lowest BCUT2D eigenvalue weighted by Gasteiger charge is -2.11. The molecule has 0 aliphatic carbocycles. The number of H-pyrrole nitrogens is 1. The molecule has 0 atom stereocenters. The van der Waals surface area contributed by atoms with Crippen LogP contribution < -0.4 is 5.73 Å². The Bertz CT molecular complexity index is 1060. The molecule has 4 N–H and O–H groups in total. The monoisotopic (exact) mass is 331 g/mol. The Balaban J connectivity index is 2.07. The SMILES string of the molecule is Nc1cn2cc(-c3c(Cl)c(F)c(CO)c4[nH]ncc34)ccc2n1. The van der Waals surface area contributed by atoms with E-state index in [1.165, 1.54) is 0 Å². The van der Waals surface area contributed by atoms with Crippen molar-refractivity contribution in [2.75, 3.05) is 5.73 Å². The molecule has 0 radical (unpaired) electrons. The van der Waals surface area contributed by atoms with E-state index in [1.54, 1.807) is 35.1 Å². The van der Waals surface area contributed by atoms with Crippen LogP contribution in [0.1, 0.15) is 5.56 Å². The normalized spacial score (nSPS) is 11.6. The summed E-state index contributed by atoms with van der Waals surface area (Å²) in [5.41, 5.74) is 8.07. The third kappa shape index (κ3) is 1.97. The summed E-state index contributed by atoms with van der Waals surface area (Å²) < 4.78 is 16.2. The Morgan fingerprint density at radius 3 is 2.96 bits per heavy atom. The first kappa shape index (κ1) is 14.0. The minimum Gasteiger partial charge on any atom is -0.391 e. The highest BCUT2D eigenvalue weighted by Crippen LogP contribution is 2.39. The molecule has 23 heavy (non-hydrogen) atoms. The zero-order valence-electron chi connectivity index (χ0n) is 11.7. The van der Waals surface area contributed by atoms with Crippen molar-refractivity contribution in [3.8, 4) is 11.1 Å². The van der Waals surface area contributed by atoms with Crippen LogP contribution in [0.15, 0.2) is 30.7 Å². The fourth-order valence-electron chi connectivity index (χ4n) is 2.77. The number of pyridine rings is 1. The molecular formula is C15H11ClFN5O. The van der Waals surface area contributed by atoms with Crippen molar-refractivity contribution in [2.45, 2.75) is 6.61 Å². The van der Waals surface area contributed by atoms with Gasteiger partial charge in [0.2, 0.25) is 0 Å². The van der Waals surface area contributed by atoms with Crippen molar-refractivity contribution in [1.29, 1.82) is 0 Å². The molecule has 4 aromatic rings. The Kier molecular flexibility index (Phi) is 3.00. The summed E-state index contributed by atoms with van der Waals surface area (Å²) in [6.45, 7) is -0.471. The third-order valence-electron chi connectivity index (χ3n) is 3.80. The number of fused-ring (bicyclic) bond motifs is 2. The molecular weight excluding hydrogens is 321 g/mol. The maximum Gasteiger partial charge on any atom is 0.150 e. The number of nitrogens with zero attached hydrogens (tertiary/aromatic N) is 3.